The van der Waals surface area contributed by atoms with Gasteiger partial charge < -0.3 is 25.7 Å². The van der Waals surface area contributed by atoms with Crippen molar-refractivity contribution >= 4 is 157 Å². The maximum Gasteiger partial charge on any atom is 0.289 e. The van der Waals surface area contributed by atoms with Gasteiger partial charge in [-0.2, -0.15) is 20.5 Å². The molecule has 27 heteroatoms. The predicted molar refractivity (Wildman–Crippen MR) is 233 cm³/mol. The summed E-state index contributed by atoms with van der Waals surface area (Å²) in [5.74, 6) is 4.15. The van der Waals surface area contributed by atoms with Crippen molar-refractivity contribution in [2.24, 2.45) is 16.6 Å². The lowest BCUT2D eigenvalue weighted by Crippen LogP contribution is -2.15. The summed E-state index contributed by atoms with van der Waals surface area (Å²) in [6.07, 6.45) is 4.42. The largest absolute Gasteiger partial charge is 0.365 e. The number of hydrogen-bond acceptors (Lipinski definition) is 19. The van der Waals surface area contributed by atoms with E-state index in [1.807, 2.05) is 28.2 Å². The number of thiophene rings is 4. The van der Waals surface area contributed by atoms with Gasteiger partial charge in [0.1, 0.15) is 19.5 Å². The molecule has 0 aliphatic heterocycles. The quantitative estimate of drug-likeness (QED) is 0.0341. The molecule has 7 aromatic rings. The summed E-state index contributed by atoms with van der Waals surface area (Å²) in [6.45, 7) is 0. The third kappa shape index (κ3) is 17.2. The van der Waals surface area contributed by atoms with Crippen molar-refractivity contribution in [1.82, 2.24) is 25.6 Å². The molecule has 0 bridgehead atoms. The van der Waals surface area contributed by atoms with Crippen molar-refractivity contribution in [3.63, 3.8) is 0 Å². The van der Waals surface area contributed by atoms with E-state index in [1.165, 1.54) is 57.7 Å². The summed E-state index contributed by atoms with van der Waals surface area (Å²) >= 11 is 39.2. The molecular formula is C31H22Cl7N11O5S4. The molecule has 16 nitrogen and oxygen atoms in total. The van der Waals surface area contributed by atoms with Gasteiger partial charge in [-0.15, -0.1) is 57.8 Å². The second-order valence-corrected chi connectivity index (χ2v) is 15.1. The number of halogens is 7. The molecule has 6 heterocycles. The molecule has 1 aromatic carbocycles. The molecule has 0 saturated carbocycles. The first kappa shape index (κ1) is 51.7. The smallest absolute Gasteiger partial charge is 0.289 e. The number of aliphatic imine (C=N–C) groups is 1. The number of benzene rings is 1. The Morgan fingerprint density at radius 2 is 1.22 bits per heavy atom. The third-order valence-corrected chi connectivity index (χ3v) is 11.4. The van der Waals surface area contributed by atoms with Crippen molar-refractivity contribution in [2.45, 2.75) is 0 Å². The Morgan fingerprint density at radius 1 is 0.759 bits per heavy atom. The Labute approximate surface area is 380 Å². The van der Waals surface area contributed by atoms with Crippen LogP contribution in [0.3, 0.4) is 0 Å². The van der Waals surface area contributed by atoms with E-state index in [-0.39, 0.29) is 24.3 Å². The first-order chi connectivity index (χ1) is 27.4. The Morgan fingerprint density at radius 3 is 1.62 bits per heavy atom. The van der Waals surface area contributed by atoms with E-state index in [4.69, 9.17) is 100 Å². The lowest BCUT2D eigenvalue weighted by molar-refractivity contribution is 0.0976. The number of hydrogen-bond donors (Lipinski definition) is 5. The van der Waals surface area contributed by atoms with Crippen molar-refractivity contribution in [2.75, 3.05) is 5.73 Å². The summed E-state index contributed by atoms with van der Waals surface area (Å²) in [7, 11) is 0. The zero-order valence-corrected chi connectivity index (χ0v) is 36.9. The number of carbonyl (C=O) groups excluding carboxylic acids is 2. The molecule has 58 heavy (non-hydrogen) atoms. The molecule has 0 aliphatic carbocycles. The highest BCUT2D eigenvalue weighted by molar-refractivity contribution is 7.15. The van der Waals surface area contributed by atoms with Gasteiger partial charge in [-0.05, 0) is 85.4 Å². The number of rotatable bonds is 6. The van der Waals surface area contributed by atoms with E-state index in [0.29, 0.717) is 46.6 Å². The number of nitriles is 2. The first-order valence-electron chi connectivity index (χ1n) is 14.3. The molecule has 0 unspecified atom stereocenters. The zero-order valence-electron chi connectivity index (χ0n) is 28.3. The highest BCUT2D eigenvalue weighted by Crippen LogP contribution is 2.33. The van der Waals surface area contributed by atoms with Crippen LogP contribution < -0.4 is 22.7 Å². The zero-order chi connectivity index (χ0) is 42.3. The van der Waals surface area contributed by atoms with Gasteiger partial charge in [0.25, 0.3) is 34.8 Å². The maximum atomic E-state index is 10.9. The van der Waals surface area contributed by atoms with Crippen LogP contribution in [0.5, 0.6) is 0 Å². The molecule has 0 atom stereocenters. The topological polar surface area (TPSA) is 282 Å². The molecule has 0 spiro atoms. The highest BCUT2D eigenvalue weighted by atomic mass is 35.5. The minimum atomic E-state index is -0.491. The summed E-state index contributed by atoms with van der Waals surface area (Å²) in [6, 6.07) is 14.1. The lowest BCUT2D eigenvalue weighted by atomic mass is 10.2. The Hall–Kier alpha value is -4.36. The molecule has 0 saturated heterocycles. The Balaban J connectivity index is 0.000000387. The molecule has 0 aliphatic rings. The van der Waals surface area contributed by atoms with Crippen LogP contribution in [0.4, 0.5) is 11.9 Å². The SMILES string of the molecule is Cl.Clc1ccc(C=Nc2noc(-c3sccc3Cl)n2)cc1.N#CN.N#CNC(=O)c1sccc1Cl.NO.Nc1noc(-c2sccc2Cl)n1.O=C(Cl)c1sccc1Cl. The van der Waals surface area contributed by atoms with Crippen LogP contribution in [0, 0.1) is 22.9 Å². The number of amides is 1. The molecular weight excluding hydrogens is 983 g/mol. The lowest BCUT2D eigenvalue weighted by Gasteiger charge is -1.91. The van der Waals surface area contributed by atoms with Crippen LogP contribution in [-0.2, 0) is 0 Å². The fourth-order valence-corrected chi connectivity index (χ4v) is 7.79. The van der Waals surface area contributed by atoms with Gasteiger partial charge in [0.15, 0.2) is 12.4 Å². The molecule has 1 amide bonds. The summed E-state index contributed by atoms with van der Waals surface area (Å²) in [5.41, 5.74) is 10.3. The van der Waals surface area contributed by atoms with Crippen molar-refractivity contribution in [1.29, 1.82) is 10.5 Å². The predicted octanol–water partition coefficient (Wildman–Crippen LogP) is 10.5. The number of nitrogens with one attached hydrogen (secondary N) is 1. The van der Waals surface area contributed by atoms with E-state index in [2.05, 4.69) is 36.9 Å². The van der Waals surface area contributed by atoms with Crippen molar-refractivity contribution < 1.29 is 23.8 Å². The standard InChI is InChI=1S/C13H7Cl2N3OS.C6H4ClN3OS.C6H3ClN2OS.C5H2Cl2OS.CH2N2.ClH.H3NO/c14-9-3-1-8(2-4-9)7-16-13-17-12(19-18-13)11-10(15)5-6-20-11;7-3-1-2-12-4(3)5-9-6(8)10-11-5;7-4-1-2-11-5(4)6(10)9-3-8;6-3-1-2-9-4(3)5(7)8;2-1-3;;1-2/h1-7H;1-2H,(H2,8,10);1-2H,(H,9,10);1-2H;2H2;1H;2H,1H2. The fraction of sp³-hybridized carbons (Fsp3) is 0. The van der Waals surface area contributed by atoms with Crippen LogP contribution in [-0.4, -0.2) is 42.9 Å². The Kier molecular flexibility index (Phi) is 25.1. The van der Waals surface area contributed by atoms with Gasteiger partial charge in [-0.25, -0.2) is 10.9 Å². The van der Waals surface area contributed by atoms with E-state index < -0.39 is 11.1 Å². The van der Waals surface area contributed by atoms with E-state index >= 15 is 0 Å². The second kappa shape index (κ2) is 28.1. The third-order valence-electron chi connectivity index (χ3n) is 5.47. The van der Waals surface area contributed by atoms with Gasteiger partial charge in [-0.3, -0.25) is 14.9 Å². The van der Waals surface area contributed by atoms with Crippen LogP contribution in [0.1, 0.15) is 24.9 Å². The van der Waals surface area contributed by atoms with Crippen LogP contribution in [0.2, 0.25) is 25.1 Å². The maximum absolute atomic E-state index is 10.9. The molecule has 7 rings (SSSR count). The van der Waals surface area contributed by atoms with Gasteiger partial charge in [-0.1, -0.05) is 70.1 Å². The number of anilines is 1. The summed E-state index contributed by atoms with van der Waals surface area (Å²) < 4.78 is 9.96. The second-order valence-electron chi connectivity index (χ2n) is 9.03. The van der Waals surface area contributed by atoms with Crippen LogP contribution >= 0.6 is 127 Å². The molecule has 0 radical (unpaired) electrons. The minimum Gasteiger partial charge on any atom is -0.365 e. The van der Waals surface area contributed by atoms with Crippen LogP contribution in [0.25, 0.3) is 21.5 Å². The average molecular weight is 1010 g/mol. The van der Waals surface area contributed by atoms with E-state index in [9.17, 15) is 9.59 Å². The highest BCUT2D eigenvalue weighted by Gasteiger charge is 2.14. The monoisotopic (exact) mass is 1000 g/mol. The van der Waals surface area contributed by atoms with Crippen molar-refractivity contribution in [3.8, 4) is 33.9 Å². The number of aromatic nitrogens is 4. The Bertz CT molecular complexity index is 2420. The molecule has 8 N–H and O–H groups in total. The van der Waals surface area contributed by atoms with E-state index in [0.717, 1.165) is 15.3 Å². The van der Waals surface area contributed by atoms with Crippen molar-refractivity contribution in [3.05, 3.63) is 110 Å². The summed E-state index contributed by atoms with van der Waals surface area (Å²) in [4.78, 5) is 35.8. The molecule has 6 aromatic heterocycles. The molecule has 304 valence electrons. The van der Waals surface area contributed by atoms with Gasteiger partial charge >= 0.3 is 0 Å². The number of nitrogen functional groups attached to an aromatic ring is 1. The number of nitrogens with zero attached hydrogens (tertiary/aromatic N) is 7. The summed E-state index contributed by atoms with van der Waals surface area (Å²) in [5, 5.41) is 40.2. The first-order valence-corrected chi connectivity index (χ1v) is 20.1. The van der Waals surface area contributed by atoms with Crippen LogP contribution in [0.15, 0.2) is 84.1 Å². The average Bonchev–Trinajstić information content (AvgIpc) is 4.05. The number of nitrogens with two attached hydrogens (primary N) is 3. The van der Waals surface area contributed by atoms with Gasteiger partial charge in [0.2, 0.25) is 0 Å². The normalized spacial score (nSPS) is 9.41. The minimum absolute atomic E-state index is 0. The number of carbonyl (C=O) groups is 2. The fourth-order valence-electron chi connectivity index (χ4n) is 3.26. The van der Waals surface area contributed by atoms with Gasteiger partial charge in [0, 0.05) is 11.2 Å². The molecule has 0 fully saturated rings. The van der Waals surface area contributed by atoms with E-state index in [1.54, 1.807) is 53.4 Å². The van der Waals surface area contributed by atoms with Gasteiger partial charge in [0.05, 0.1) is 20.1 Å².